The zero-order valence-corrected chi connectivity index (χ0v) is 12.9. The van der Waals surface area contributed by atoms with Gasteiger partial charge in [0, 0.05) is 30.3 Å². The van der Waals surface area contributed by atoms with E-state index in [-0.39, 0.29) is 6.09 Å². The average molecular weight is 287 g/mol. The lowest BCUT2D eigenvalue weighted by molar-refractivity contribution is 0.0582. The minimum absolute atomic E-state index is 0.333. The minimum Gasteiger partial charge on any atom is -0.443 e. The van der Waals surface area contributed by atoms with Crippen LogP contribution in [0, 0.1) is 0 Å². The molecule has 2 rings (SSSR count). The molecule has 0 saturated carbocycles. The maximum atomic E-state index is 12.2. The highest BCUT2D eigenvalue weighted by Crippen LogP contribution is 2.20. The number of hydrogen-bond donors (Lipinski definition) is 0. The van der Waals surface area contributed by atoms with Crippen molar-refractivity contribution < 1.29 is 9.53 Å². The van der Waals surface area contributed by atoms with E-state index in [9.17, 15) is 4.79 Å². The quantitative estimate of drug-likeness (QED) is 0.866. The largest absolute Gasteiger partial charge is 0.443 e. The van der Waals surface area contributed by atoms with Crippen molar-refractivity contribution in [2.45, 2.75) is 33.3 Å². The first kappa shape index (κ1) is 15.1. The lowest BCUT2D eigenvalue weighted by Crippen LogP contribution is -2.36. The number of nitrogens with zero attached hydrogens (tertiary/aromatic N) is 3. The summed E-state index contributed by atoms with van der Waals surface area (Å²) in [5.41, 5.74) is 1.31. The van der Waals surface area contributed by atoms with Gasteiger partial charge in [-0.3, -0.25) is 4.90 Å². The van der Waals surface area contributed by atoms with Crippen LogP contribution in [-0.4, -0.2) is 27.8 Å². The van der Waals surface area contributed by atoms with E-state index in [1.54, 1.807) is 17.4 Å². The third-order valence-electron chi connectivity index (χ3n) is 2.89. The Labute approximate surface area is 125 Å². The minimum atomic E-state index is -0.499. The van der Waals surface area contributed by atoms with E-state index < -0.39 is 5.60 Å². The van der Waals surface area contributed by atoms with Crippen LogP contribution >= 0.6 is 0 Å². The zero-order chi connectivity index (χ0) is 15.5. The van der Waals surface area contributed by atoms with Crippen molar-refractivity contribution in [1.82, 2.24) is 9.55 Å². The maximum absolute atomic E-state index is 12.2. The number of rotatable bonds is 3. The van der Waals surface area contributed by atoms with Crippen LogP contribution in [0.4, 0.5) is 10.5 Å². The second kappa shape index (κ2) is 5.99. The lowest BCUT2D eigenvalue weighted by Gasteiger charge is -2.26. The topological polar surface area (TPSA) is 47.4 Å². The molecule has 1 aromatic heterocycles. The second-order valence-corrected chi connectivity index (χ2v) is 5.71. The summed E-state index contributed by atoms with van der Waals surface area (Å²) < 4.78 is 7.33. The molecule has 0 aliphatic heterocycles. The van der Waals surface area contributed by atoms with Gasteiger partial charge in [0.25, 0.3) is 0 Å². The molecule has 0 aliphatic carbocycles. The highest BCUT2D eigenvalue weighted by atomic mass is 16.6. The van der Waals surface area contributed by atoms with Crippen LogP contribution in [0.3, 0.4) is 0 Å². The van der Waals surface area contributed by atoms with Gasteiger partial charge in [0.1, 0.15) is 5.60 Å². The predicted octanol–water partition coefficient (Wildman–Crippen LogP) is 3.63. The van der Waals surface area contributed by atoms with E-state index in [2.05, 4.69) is 4.98 Å². The third-order valence-corrected chi connectivity index (χ3v) is 2.89. The molecule has 0 N–H and O–H groups in total. The summed E-state index contributed by atoms with van der Waals surface area (Å²) >= 11 is 0. The molecule has 1 amide bonds. The normalized spacial score (nSPS) is 11.2. The fourth-order valence-corrected chi connectivity index (χ4v) is 1.95. The Kier molecular flexibility index (Phi) is 4.31. The van der Waals surface area contributed by atoms with E-state index in [0.717, 1.165) is 11.4 Å². The fourth-order valence-electron chi connectivity index (χ4n) is 1.95. The number of amides is 1. The Morgan fingerprint density at radius 3 is 2.43 bits per heavy atom. The van der Waals surface area contributed by atoms with Gasteiger partial charge in [-0.15, -0.1) is 0 Å². The Morgan fingerprint density at radius 1 is 1.29 bits per heavy atom. The van der Waals surface area contributed by atoms with Gasteiger partial charge in [-0.05, 0) is 52.0 Å². The Hall–Kier alpha value is -2.30. The SMILES string of the molecule is CCN(C(=O)OC(C)(C)C)c1ccc(-n2ccnc2)cc1. The van der Waals surface area contributed by atoms with Gasteiger partial charge in [0.15, 0.2) is 0 Å². The molecule has 0 spiro atoms. The molecule has 1 heterocycles. The fraction of sp³-hybridized carbons (Fsp3) is 0.375. The summed E-state index contributed by atoms with van der Waals surface area (Å²) in [6.45, 7) is 8.07. The van der Waals surface area contributed by atoms with Crippen LogP contribution in [0.2, 0.25) is 0 Å². The number of ether oxygens (including phenoxy) is 1. The molecular weight excluding hydrogens is 266 g/mol. The lowest BCUT2D eigenvalue weighted by atomic mass is 10.2. The molecule has 5 heteroatoms. The van der Waals surface area contributed by atoms with E-state index in [1.807, 2.05) is 62.7 Å². The van der Waals surface area contributed by atoms with Crippen LogP contribution in [0.15, 0.2) is 43.0 Å². The molecule has 5 nitrogen and oxygen atoms in total. The number of anilines is 1. The van der Waals surface area contributed by atoms with Crippen molar-refractivity contribution in [3.63, 3.8) is 0 Å². The Bertz CT molecular complexity index is 583. The van der Waals surface area contributed by atoms with Crippen molar-refractivity contribution in [3.05, 3.63) is 43.0 Å². The van der Waals surface area contributed by atoms with Crippen molar-refractivity contribution in [2.75, 3.05) is 11.4 Å². The van der Waals surface area contributed by atoms with Crippen LogP contribution < -0.4 is 4.90 Å². The molecule has 0 saturated heterocycles. The first-order valence-electron chi connectivity index (χ1n) is 6.99. The van der Waals surface area contributed by atoms with E-state index >= 15 is 0 Å². The maximum Gasteiger partial charge on any atom is 0.414 e. The number of aromatic nitrogens is 2. The number of carbonyl (C=O) groups excluding carboxylic acids is 1. The summed E-state index contributed by atoms with van der Waals surface area (Å²) in [5.74, 6) is 0. The number of imidazole rings is 1. The molecule has 2 aromatic rings. The van der Waals surface area contributed by atoms with Gasteiger partial charge in [-0.2, -0.15) is 0 Å². The monoisotopic (exact) mass is 287 g/mol. The predicted molar refractivity (Wildman–Crippen MR) is 82.8 cm³/mol. The van der Waals surface area contributed by atoms with E-state index in [1.165, 1.54) is 0 Å². The average Bonchev–Trinajstić information content (AvgIpc) is 2.92. The van der Waals surface area contributed by atoms with Crippen molar-refractivity contribution in [2.24, 2.45) is 0 Å². The second-order valence-electron chi connectivity index (χ2n) is 5.71. The molecule has 0 bridgehead atoms. The summed E-state index contributed by atoms with van der Waals surface area (Å²) in [6, 6.07) is 7.71. The summed E-state index contributed by atoms with van der Waals surface area (Å²) in [4.78, 5) is 17.8. The summed E-state index contributed by atoms with van der Waals surface area (Å²) in [5, 5.41) is 0. The van der Waals surface area contributed by atoms with E-state index in [4.69, 9.17) is 4.74 Å². The highest BCUT2D eigenvalue weighted by molar-refractivity contribution is 5.87. The van der Waals surface area contributed by atoms with Gasteiger partial charge in [-0.1, -0.05) is 0 Å². The number of carbonyl (C=O) groups is 1. The Balaban J connectivity index is 2.17. The third kappa shape index (κ3) is 3.84. The van der Waals surface area contributed by atoms with Crippen molar-refractivity contribution in [1.29, 1.82) is 0 Å². The smallest absolute Gasteiger partial charge is 0.414 e. The van der Waals surface area contributed by atoms with E-state index in [0.29, 0.717) is 6.54 Å². The molecular formula is C16H21N3O2. The first-order chi connectivity index (χ1) is 9.90. The van der Waals surface area contributed by atoms with Gasteiger partial charge in [0.2, 0.25) is 0 Å². The van der Waals surface area contributed by atoms with Gasteiger partial charge in [0.05, 0.1) is 6.33 Å². The number of benzene rings is 1. The molecule has 1 aromatic carbocycles. The van der Waals surface area contributed by atoms with Crippen LogP contribution in [0.5, 0.6) is 0 Å². The summed E-state index contributed by atoms with van der Waals surface area (Å²) in [6.07, 6.45) is 5.01. The van der Waals surface area contributed by atoms with Gasteiger partial charge in [-0.25, -0.2) is 9.78 Å². The standard InChI is InChI=1S/C16H21N3O2/c1-5-19(15(20)21-16(2,3)4)14-8-6-13(7-9-14)18-11-10-17-12-18/h6-12H,5H2,1-4H3. The van der Waals surface area contributed by atoms with Crippen molar-refractivity contribution in [3.8, 4) is 5.69 Å². The van der Waals surface area contributed by atoms with Gasteiger partial charge >= 0.3 is 6.09 Å². The summed E-state index contributed by atoms with van der Waals surface area (Å²) in [7, 11) is 0. The van der Waals surface area contributed by atoms with Gasteiger partial charge < -0.3 is 9.30 Å². The van der Waals surface area contributed by atoms with Crippen LogP contribution in [0.1, 0.15) is 27.7 Å². The number of hydrogen-bond acceptors (Lipinski definition) is 3. The highest BCUT2D eigenvalue weighted by Gasteiger charge is 2.22. The Morgan fingerprint density at radius 2 is 1.95 bits per heavy atom. The molecule has 21 heavy (non-hydrogen) atoms. The molecule has 0 fully saturated rings. The first-order valence-corrected chi connectivity index (χ1v) is 6.99. The molecule has 0 unspecified atom stereocenters. The van der Waals surface area contributed by atoms with Crippen LogP contribution in [0.25, 0.3) is 5.69 Å². The molecule has 112 valence electrons. The van der Waals surface area contributed by atoms with Crippen molar-refractivity contribution >= 4 is 11.8 Å². The molecule has 0 radical (unpaired) electrons. The van der Waals surface area contributed by atoms with Crippen LogP contribution in [-0.2, 0) is 4.74 Å². The molecule has 0 aliphatic rings. The zero-order valence-electron chi connectivity index (χ0n) is 12.9. The molecule has 0 atom stereocenters.